The predicted octanol–water partition coefficient (Wildman–Crippen LogP) is 2.76. The Morgan fingerprint density at radius 1 is 1.06 bits per heavy atom. The van der Waals surface area contributed by atoms with Gasteiger partial charge in [0.25, 0.3) is 5.56 Å². The van der Waals surface area contributed by atoms with Crippen LogP contribution in [0, 0.1) is 0 Å². The smallest absolute Gasteiger partial charge is 0.292 e. The van der Waals surface area contributed by atoms with Crippen LogP contribution >= 0.6 is 11.6 Å². The molecule has 0 aliphatic carbocycles. The van der Waals surface area contributed by atoms with Crippen molar-refractivity contribution in [2.45, 2.75) is 13.0 Å². The lowest BCUT2D eigenvalue weighted by molar-refractivity contribution is -0.120. The molecule has 5 rings (SSSR count). The predicted molar refractivity (Wildman–Crippen MR) is 129 cm³/mol. The van der Waals surface area contributed by atoms with Gasteiger partial charge in [-0.2, -0.15) is 9.78 Å². The third-order valence-electron chi connectivity index (χ3n) is 6.12. The lowest BCUT2D eigenvalue weighted by Crippen LogP contribution is -2.53. The van der Waals surface area contributed by atoms with Crippen LogP contribution in [0.5, 0.6) is 11.5 Å². The first-order valence-corrected chi connectivity index (χ1v) is 11.4. The van der Waals surface area contributed by atoms with Gasteiger partial charge in [-0.15, -0.1) is 0 Å². The van der Waals surface area contributed by atoms with Gasteiger partial charge in [0.05, 0.1) is 23.6 Å². The fourth-order valence-corrected chi connectivity index (χ4v) is 4.38. The number of nitrogens with zero attached hydrogens (tertiary/aromatic N) is 4. The van der Waals surface area contributed by atoms with Crippen molar-refractivity contribution in [3.8, 4) is 17.2 Å². The van der Waals surface area contributed by atoms with Crippen LogP contribution in [0.2, 0.25) is 5.02 Å². The Kier molecular flexibility index (Phi) is 6.12. The maximum Gasteiger partial charge on any atom is 0.292 e. The van der Waals surface area contributed by atoms with E-state index in [1.165, 1.54) is 4.68 Å². The molecule has 34 heavy (non-hydrogen) atoms. The number of para-hydroxylation sites is 1. The molecule has 1 amide bonds. The van der Waals surface area contributed by atoms with Crippen molar-refractivity contribution in [3.05, 3.63) is 70.1 Å². The third-order valence-corrected chi connectivity index (χ3v) is 6.48. The molecule has 0 bridgehead atoms. The van der Waals surface area contributed by atoms with Gasteiger partial charge in [-0.1, -0.05) is 29.8 Å². The van der Waals surface area contributed by atoms with Crippen molar-refractivity contribution in [1.82, 2.24) is 14.7 Å². The summed E-state index contributed by atoms with van der Waals surface area (Å²) in [5.74, 6) is 1.20. The van der Waals surface area contributed by atoms with E-state index in [1.54, 1.807) is 36.5 Å². The fraction of sp³-hybridized carbons (Fsp3) is 0.292. The molecule has 0 spiro atoms. The van der Waals surface area contributed by atoms with E-state index in [4.69, 9.17) is 21.1 Å². The lowest BCUT2D eigenvalue weighted by atomic mass is 10.2. The molecule has 1 aromatic heterocycles. The van der Waals surface area contributed by atoms with Gasteiger partial charge in [-0.05, 0) is 31.2 Å². The second-order valence-corrected chi connectivity index (χ2v) is 8.53. The van der Waals surface area contributed by atoms with Crippen LogP contribution in [-0.4, -0.2) is 59.6 Å². The molecule has 0 unspecified atom stereocenters. The molecule has 1 atom stereocenters. The largest absolute Gasteiger partial charge is 0.454 e. The first-order chi connectivity index (χ1) is 16.5. The van der Waals surface area contributed by atoms with Gasteiger partial charge in [-0.25, -0.2) is 0 Å². The highest BCUT2D eigenvalue weighted by atomic mass is 35.5. The Labute approximate surface area is 201 Å². The van der Waals surface area contributed by atoms with Crippen LogP contribution in [-0.2, 0) is 4.79 Å². The molecule has 2 aliphatic heterocycles. The highest BCUT2D eigenvalue weighted by molar-refractivity contribution is 6.33. The van der Waals surface area contributed by atoms with Gasteiger partial charge < -0.3 is 19.7 Å². The summed E-state index contributed by atoms with van der Waals surface area (Å²) in [5, 5.41) is 7.40. The van der Waals surface area contributed by atoms with E-state index in [9.17, 15) is 9.59 Å². The van der Waals surface area contributed by atoms with Crippen molar-refractivity contribution >= 4 is 28.9 Å². The SMILES string of the molecule is C[C@@H](C(=O)Nc1ccc2c(c1)OCO2)N1CCN(c2cnn(-c3ccccc3)c(=O)c2Cl)CC1. The molecule has 10 heteroatoms. The van der Waals surface area contributed by atoms with Crippen LogP contribution in [0.25, 0.3) is 5.69 Å². The molecule has 0 saturated carbocycles. The monoisotopic (exact) mass is 481 g/mol. The average molecular weight is 482 g/mol. The number of piperazine rings is 1. The summed E-state index contributed by atoms with van der Waals surface area (Å²) in [7, 11) is 0. The molecule has 1 N–H and O–H groups in total. The number of ether oxygens (including phenoxy) is 2. The number of hydrogen-bond donors (Lipinski definition) is 1. The van der Waals surface area contributed by atoms with E-state index in [0.29, 0.717) is 54.7 Å². The van der Waals surface area contributed by atoms with E-state index in [2.05, 4.69) is 15.3 Å². The van der Waals surface area contributed by atoms with Crippen LogP contribution in [0.1, 0.15) is 6.92 Å². The van der Waals surface area contributed by atoms with E-state index in [-0.39, 0.29) is 29.3 Å². The number of benzene rings is 2. The van der Waals surface area contributed by atoms with Gasteiger partial charge in [0.15, 0.2) is 11.5 Å². The molecule has 176 valence electrons. The number of nitrogens with one attached hydrogen (secondary N) is 1. The quantitative estimate of drug-likeness (QED) is 0.599. The molecule has 1 fully saturated rings. The molecule has 2 aliphatic rings. The van der Waals surface area contributed by atoms with E-state index in [1.807, 2.05) is 30.0 Å². The number of fused-ring (bicyclic) bond motifs is 1. The molecular formula is C24H24ClN5O4. The Morgan fingerprint density at radius 2 is 1.79 bits per heavy atom. The normalized spacial score (nSPS) is 16.4. The molecule has 0 radical (unpaired) electrons. The van der Waals surface area contributed by atoms with Crippen molar-refractivity contribution in [2.24, 2.45) is 0 Å². The minimum atomic E-state index is -0.357. The van der Waals surface area contributed by atoms with Crippen LogP contribution < -0.4 is 25.2 Å². The van der Waals surface area contributed by atoms with E-state index in [0.717, 1.165) is 0 Å². The van der Waals surface area contributed by atoms with Gasteiger partial charge in [0.2, 0.25) is 12.7 Å². The second-order valence-electron chi connectivity index (χ2n) is 8.15. The number of hydrogen-bond acceptors (Lipinski definition) is 7. The van der Waals surface area contributed by atoms with Crippen LogP contribution in [0.4, 0.5) is 11.4 Å². The minimum Gasteiger partial charge on any atom is -0.454 e. The number of aromatic nitrogens is 2. The lowest BCUT2D eigenvalue weighted by Gasteiger charge is -2.38. The average Bonchev–Trinajstić information content (AvgIpc) is 3.34. The Hall–Kier alpha value is -3.56. The zero-order valence-corrected chi connectivity index (χ0v) is 19.4. The van der Waals surface area contributed by atoms with Crippen molar-refractivity contribution in [3.63, 3.8) is 0 Å². The summed E-state index contributed by atoms with van der Waals surface area (Å²) in [6.45, 7) is 4.61. The minimum absolute atomic E-state index is 0.0996. The Morgan fingerprint density at radius 3 is 2.56 bits per heavy atom. The molecular weight excluding hydrogens is 458 g/mol. The summed E-state index contributed by atoms with van der Waals surface area (Å²) in [4.78, 5) is 29.8. The first-order valence-electron chi connectivity index (χ1n) is 11.0. The zero-order valence-electron chi connectivity index (χ0n) is 18.6. The zero-order chi connectivity index (χ0) is 23.7. The Balaban J connectivity index is 1.22. The number of halogens is 1. The number of carbonyl (C=O) groups is 1. The topological polar surface area (TPSA) is 88.9 Å². The number of anilines is 2. The maximum atomic E-state index is 12.8. The van der Waals surface area contributed by atoms with Gasteiger partial charge in [-0.3, -0.25) is 14.5 Å². The van der Waals surface area contributed by atoms with Crippen LogP contribution in [0.3, 0.4) is 0 Å². The number of amides is 1. The van der Waals surface area contributed by atoms with E-state index < -0.39 is 0 Å². The van der Waals surface area contributed by atoms with Crippen molar-refractivity contribution < 1.29 is 14.3 Å². The Bertz CT molecular complexity index is 1260. The second kappa shape index (κ2) is 9.36. The van der Waals surface area contributed by atoms with Gasteiger partial charge in [0.1, 0.15) is 5.02 Å². The van der Waals surface area contributed by atoms with Gasteiger partial charge in [0, 0.05) is 37.9 Å². The summed E-state index contributed by atoms with van der Waals surface area (Å²) in [6.07, 6.45) is 1.63. The number of carbonyl (C=O) groups excluding carboxylic acids is 1. The summed E-state index contributed by atoms with van der Waals surface area (Å²) >= 11 is 6.45. The van der Waals surface area contributed by atoms with Crippen molar-refractivity contribution in [1.29, 1.82) is 0 Å². The van der Waals surface area contributed by atoms with Crippen LogP contribution in [0.15, 0.2) is 59.5 Å². The van der Waals surface area contributed by atoms with Crippen molar-refractivity contribution in [2.75, 3.05) is 43.2 Å². The molecule has 3 heterocycles. The van der Waals surface area contributed by atoms with Gasteiger partial charge >= 0.3 is 0 Å². The summed E-state index contributed by atoms with van der Waals surface area (Å²) < 4.78 is 12.0. The molecule has 9 nitrogen and oxygen atoms in total. The fourth-order valence-electron chi connectivity index (χ4n) is 4.13. The molecule has 1 saturated heterocycles. The molecule has 2 aromatic carbocycles. The first kappa shape index (κ1) is 22.2. The third kappa shape index (κ3) is 4.32. The highest BCUT2D eigenvalue weighted by Gasteiger charge is 2.27. The highest BCUT2D eigenvalue weighted by Crippen LogP contribution is 2.34. The number of rotatable bonds is 5. The summed E-state index contributed by atoms with van der Waals surface area (Å²) in [5.41, 5.74) is 1.57. The maximum absolute atomic E-state index is 12.8. The standard InChI is InChI=1S/C24H24ClN5O4/c1-16(23(31)27-17-7-8-20-21(13-17)34-15-33-20)28-9-11-29(12-10-28)19-14-26-30(24(32)22(19)25)18-5-3-2-4-6-18/h2-8,13-14,16H,9-12,15H2,1H3,(H,27,31)/t16-/m0/s1. The summed E-state index contributed by atoms with van der Waals surface area (Å²) in [6, 6.07) is 14.2. The molecule has 3 aromatic rings. The van der Waals surface area contributed by atoms with E-state index >= 15 is 0 Å².